The molecule has 2 aromatic carbocycles. The van der Waals surface area contributed by atoms with Gasteiger partial charge in [0.15, 0.2) is 0 Å². The van der Waals surface area contributed by atoms with Crippen LogP contribution in [0.15, 0.2) is 53.6 Å². The average molecular weight is 324 g/mol. The highest BCUT2D eigenvalue weighted by atomic mass is 35.5. The number of rotatable bonds is 4. The zero-order chi connectivity index (χ0) is 16.7. The van der Waals surface area contributed by atoms with Crippen molar-refractivity contribution in [3.05, 3.63) is 59.1 Å². The molecule has 0 aliphatic rings. The summed E-state index contributed by atoms with van der Waals surface area (Å²) in [5.41, 5.74) is 3.68. The molecule has 112 valence electrons. The minimum atomic E-state index is -0.342. The van der Waals surface area contributed by atoms with E-state index in [1.54, 1.807) is 60.7 Å². The Morgan fingerprint density at radius 3 is 2.43 bits per heavy atom. The van der Waals surface area contributed by atoms with Crippen molar-refractivity contribution in [3.8, 4) is 12.1 Å². The molecule has 0 atom stereocenters. The lowest BCUT2D eigenvalue weighted by Crippen LogP contribution is -2.12. The number of halogens is 1. The highest BCUT2D eigenvalue weighted by molar-refractivity contribution is 6.34. The van der Waals surface area contributed by atoms with Crippen LogP contribution in [0.2, 0.25) is 5.02 Å². The molecule has 0 aliphatic heterocycles. The van der Waals surface area contributed by atoms with E-state index in [-0.39, 0.29) is 11.6 Å². The molecule has 0 radical (unpaired) electrons. The summed E-state index contributed by atoms with van der Waals surface area (Å²) in [4.78, 5) is 12.2. The van der Waals surface area contributed by atoms with Crippen molar-refractivity contribution in [3.63, 3.8) is 0 Å². The molecule has 0 heterocycles. The van der Waals surface area contributed by atoms with Crippen LogP contribution in [0, 0.1) is 22.7 Å². The van der Waals surface area contributed by atoms with Crippen molar-refractivity contribution in [2.45, 2.75) is 0 Å². The van der Waals surface area contributed by atoms with Crippen LogP contribution in [-0.2, 0) is 0 Å². The van der Waals surface area contributed by atoms with E-state index in [2.05, 4.69) is 15.8 Å². The Morgan fingerprint density at radius 1 is 1.04 bits per heavy atom. The van der Waals surface area contributed by atoms with E-state index < -0.39 is 0 Å². The summed E-state index contributed by atoms with van der Waals surface area (Å²) < 4.78 is 0. The van der Waals surface area contributed by atoms with Crippen LogP contribution in [0.1, 0.15) is 10.4 Å². The molecule has 1 amide bonds. The minimum Gasteiger partial charge on any atom is -0.322 e. The summed E-state index contributed by atoms with van der Waals surface area (Å²) in [6.07, 6.45) is 0. The second kappa shape index (κ2) is 7.60. The minimum absolute atomic E-state index is 0.296. The Labute approximate surface area is 137 Å². The smallest absolute Gasteiger partial charge is 0.257 e. The first kappa shape index (κ1) is 16.0. The predicted molar refractivity (Wildman–Crippen MR) is 88.1 cm³/mol. The molecule has 2 N–H and O–H groups in total. The average Bonchev–Trinajstić information content (AvgIpc) is 2.56. The van der Waals surface area contributed by atoms with Crippen molar-refractivity contribution in [2.24, 2.45) is 5.10 Å². The second-order valence-electron chi connectivity index (χ2n) is 4.31. The van der Waals surface area contributed by atoms with Crippen LogP contribution < -0.4 is 10.7 Å². The van der Waals surface area contributed by atoms with Gasteiger partial charge < -0.3 is 5.32 Å². The molecule has 23 heavy (non-hydrogen) atoms. The summed E-state index contributed by atoms with van der Waals surface area (Å²) in [6.45, 7) is 0. The number of hydrogen-bond acceptors (Lipinski definition) is 5. The normalized spacial score (nSPS) is 9.17. The Kier molecular flexibility index (Phi) is 5.30. The zero-order valence-corrected chi connectivity index (χ0v) is 12.5. The third-order valence-electron chi connectivity index (χ3n) is 2.75. The second-order valence-corrected chi connectivity index (χ2v) is 4.72. The van der Waals surface area contributed by atoms with Gasteiger partial charge in [0.2, 0.25) is 5.71 Å². The highest BCUT2D eigenvalue weighted by Gasteiger charge is 2.09. The number of carbonyl (C=O) groups excluding carboxylic acids is 1. The van der Waals surface area contributed by atoms with E-state index in [1.165, 1.54) is 0 Å². The summed E-state index contributed by atoms with van der Waals surface area (Å²) in [7, 11) is 0. The van der Waals surface area contributed by atoms with Gasteiger partial charge in [0, 0.05) is 5.69 Å². The van der Waals surface area contributed by atoms with Crippen LogP contribution in [0.5, 0.6) is 0 Å². The number of hydrogen-bond donors (Lipinski definition) is 2. The predicted octanol–water partition coefficient (Wildman–Crippen LogP) is 3.41. The van der Waals surface area contributed by atoms with Gasteiger partial charge in [0.25, 0.3) is 5.91 Å². The third-order valence-corrected chi connectivity index (χ3v) is 3.08. The zero-order valence-electron chi connectivity index (χ0n) is 11.7. The van der Waals surface area contributed by atoms with Gasteiger partial charge in [-0.25, -0.2) is 0 Å². The summed E-state index contributed by atoms with van der Waals surface area (Å²) >= 11 is 5.98. The summed E-state index contributed by atoms with van der Waals surface area (Å²) in [5.74, 6) is -0.342. The van der Waals surface area contributed by atoms with Gasteiger partial charge in [-0.2, -0.15) is 15.6 Å². The molecule has 0 unspecified atom stereocenters. The molecular weight excluding hydrogens is 314 g/mol. The van der Waals surface area contributed by atoms with Crippen molar-refractivity contribution in [1.82, 2.24) is 0 Å². The lowest BCUT2D eigenvalue weighted by atomic mass is 10.2. The summed E-state index contributed by atoms with van der Waals surface area (Å²) in [5, 5.41) is 23.9. The van der Waals surface area contributed by atoms with Gasteiger partial charge in [-0.1, -0.05) is 29.8 Å². The van der Waals surface area contributed by atoms with E-state index in [0.717, 1.165) is 0 Å². The van der Waals surface area contributed by atoms with Crippen LogP contribution >= 0.6 is 11.6 Å². The van der Waals surface area contributed by atoms with Gasteiger partial charge in [0.05, 0.1) is 16.3 Å². The maximum absolute atomic E-state index is 12.2. The maximum atomic E-state index is 12.2. The molecule has 2 rings (SSSR count). The lowest BCUT2D eigenvalue weighted by molar-refractivity contribution is 0.102. The van der Waals surface area contributed by atoms with Crippen LogP contribution in [0.3, 0.4) is 0 Å². The Balaban J connectivity index is 2.14. The molecule has 0 aromatic heterocycles. The molecule has 6 nitrogen and oxygen atoms in total. The SMILES string of the molecule is N#CC(C#N)=NNc1cccc(NC(=O)c2ccccc2Cl)c1. The Bertz CT molecular complexity index is 832. The van der Waals surface area contributed by atoms with Gasteiger partial charge in [0.1, 0.15) is 12.1 Å². The number of amides is 1. The molecular formula is C16H10ClN5O. The molecule has 7 heteroatoms. The fraction of sp³-hybridized carbons (Fsp3) is 0. The van der Waals surface area contributed by atoms with Crippen molar-refractivity contribution in [2.75, 3.05) is 10.7 Å². The molecule has 0 spiro atoms. The Hall–Kier alpha value is -3.35. The van der Waals surface area contributed by atoms with Gasteiger partial charge in [-0.05, 0) is 30.3 Å². The monoisotopic (exact) mass is 323 g/mol. The molecule has 0 saturated heterocycles. The number of hydrazone groups is 1. The molecule has 0 saturated carbocycles. The van der Waals surface area contributed by atoms with E-state index in [9.17, 15) is 4.79 Å². The Morgan fingerprint density at radius 2 is 1.74 bits per heavy atom. The van der Waals surface area contributed by atoms with Gasteiger partial charge in [-0.3, -0.25) is 10.2 Å². The number of nitriles is 2. The van der Waals surface area contributed by atoms with E-state index in [4.69, 9.17) is 22.1 Å². The van der Waals surface area contributed by atoms with E-state index in [0.29, 0.717) is 22.0 Å². The molecule has 0 fully saturated rings. The van der Waals surface area contributed by atoms with E-state index >= 15 is 0 Å². The first-order valence-electron chi connectivity index (χ1n) is 6.44. The molecule has 0 aliphatic carbocycles. The standard InChI is InChI=1S/C16H10ClN5O/c17-15-7-2-1-6-14(15)16(23)20-11-4-3-5-12(8-11)21-22-13(9-18)10-19/h1-8,21H,(H,20,23). The van der Waals surface area contributed by atoms with Gasteiger partial charge in [-0.15, -0.1) is 0 Å². The fourth-order valence-electron chi connectivity index (χ4n) is 1.71. The maximum Gasteiger partial charge on any atom is 0.257 e. The number of nitrogens with zero attached hydrogens (tertiary/aromatic N) is 3. The van der Waals surface area contributed by atoms with Crippen molar-refractivity contribution in [1.29, 1.82) is 10.5 Å². The number of anilines is 2. The number of benzene rings is 2. The van der Waals surface area contributed by atoms with Crippen LogP contribution in [0.4, 0.5) is 11.4 Å². The first-order chi connectivity index (χ1) is 11.1. The largest absolute Gasteiger partial charge is 0.322 e. The van der Waals surface area contributed by atoms with Crippen LogP contribution in [0.25, 0.3) is 0 Å². The molecule has 2 aromatic rings. The summed E-state index contributed by atoms with van der Waals surface area (Å²) in [6, 6.07) is 16.7. The topological polar surface area (TPSA) is 101 Å². The van der Waals surface area contributed by atoms with Crippen LogP contribution in [-0.4, -0.2) is 11.6 Å². The number of carbonyl (C=O) groups is 1. The van der Waals surface area contributed by atoms with Gasteiger partial charge >= 0.3 is 0 Å². The molecule has 0 bridgehead atoms. The lowest BCUT2D eigenvalue weighted by Gasteiger charge is -2.08. The van der Waals surface area contributed by atoms with E-state index in [1.807, 2.05) is 0 Å². The highest BCUT2D eigenvalue weighted by Crippen LogP contribution is 2.19. The quantitative estimate of drug-likeness (QED) is 0.665. The fourth-order valence-corrected chi connectivity index (χ4v) is 1.93. The first-order valence-corrected chi connectivity index (χ1v) is 6.81. The van der Waals surface area contributed by atoms with Crippen molar-refractivity contribution < 1.29 is 4.79 Å². The number of nitrogens with one attached hydrogen (secondary N) is 2. The van der Waals surface area contributed by atoms with Crippen molar-refractivity contribution >= 4 is 34.6 Å². The third kappa shape index (κ3) is 4.31.